The number of carbonyl (C=O) groups is 1. The van der Waals surface area contributed by atoms with Crippen molar-refractivity contribution < 1.29 is 9.53 Å². The molecule has 0 unspecified atom stereocenters. The number of carbonyl (C=O) groups excluding carboxylic acids is 1. The van der Waals surface area contributed by atoms with Gasteiger partial charge in [-0.15, -0.1) is 11.3 Å². The molecule has 6 heteroatoms. The van der Waals surface area contributed by atoms with Gasteiger partial charge in [0.15, 0.2) is 0 Å². The highest BCUT2D eigenvalue weighted by atomic mass is 32.1. The first-order valence-corrected chi connectivity index (χ1v) is 7.18. The predicted octanol–water partition coefficient (Wildman–Crippen LogP) is 1.82. The summed E-state index contributed by atoms with van der Waals surface area (Å²) in [6.45, 7) is 3.95. The van der Waals surface area contributed by atoms with E-state index < -0.39 is 0 Å². The molecule has 19 heavy (non-hydrogen) atoms. The Labute approximate surface area is 118 Å². The average molecular weight is 283 g/mol. The zero-order valence-corrected chi connectivity index (χ0v) is 12.5. The predicted molar refractivity (Wildman–Crippen MR) is 78.9 cm³/mol. The lowest BCUT2D eigenvalue weighted by atomic mass is 10.4. The van der Waals surface area contributed by atoms with Gasteiger partial charge in [-0.25, -0.2) is 4.99 Å². The van der Waals surface area contributed by atoms with Crippen LogP contribution < -0.4 is 5.32 Å². The first kappa shape index (κ1) is 15.7. The van der Waals surface area contributed by atoms with E-state index in [4.69, 9.17) is 4.74 Å². The number of hydrogen-bond donors (Lipinski definition) is 1. The lowest BCUT2D eigenvalue weighted by Crippen LogP contribution is -2.32. The molecule has 0 saturated carbocycles. The molecule has 0 aliphatic carbocycles. The fraction of sp³-hybridized carbons (Fsp3) is 0.538. The summed E-state index contributed by atoms with van der Waals surface area (Å²) in [5.74, 6) is -0.171. The van der Waals surface area contributed by atoms with E-state index in [9.17, 15) is 4.79 Å². The van der Waals surface area contributed by atoms with Crippen LogP contribution in [0, 0.1) is 0 Å². The van der Waals surface area contributed by atoms with Crippen molar-refractivity contribution in [2.45, 2.75) is 13.3 Å². The molecule has 0 radical (unpaired) electrons. The van der Waals surface area contributed by atoms with Gasteiger partial charge in [0.2, 0.25) is 0 Å². The van der Waals surface area contributed by atoms with Gasteiger partial charge in [-0.1, -0.05) is 6.07 Å². The second-order valence-electron chi connectivity index (χ2n) is 4.21. The topological polar surface area (TPSA) is 53.9 Å². The normalized spacial score (nSPS) is 11.7. The number of amides is 1. The van der Waals surface area contributed by atoms with Gasteiger partial charge in [0.25, 0.3) is 11.9 Å². The van der Waals surface area contributed by atoms with Crippen LogP contribution in [0.4, 0.5) is 0 Å². The maximum Gasteiger partial charge on any atom is 0.291 e. The molecule has 0 aromatic carbocycles. The van der Waals surface area contributed by atoms with E-state index in [2.05, 4.69) is 15.2 Å². The number of rotatable bonds is 6. The molecular formula is C13H21N3O2S. The minimum Gasteiger partial charge on any atom is -0.465 e. The molecule has 1 aromatic heterocycles. The SMILES string of the molecule is CCOC(=NCCCN(C)C)NC(=O)c1cccs1. The number of nitrogens with zero attached hydrogens (tertiary/aromatic N) is 2. The smallest absolute Gasteiger partial charge is 0.291 e. The van der Waals surface area contributed by atoms with E-state index in [1.54, 1.807) is 6.07 Å². The van der Waals surface area contributed by atoms with Crippen LogP contribution >= 0.6 is 11.3 Å². The van der Waals surface area contributed by atoms with Crippen LogP contribution in [-0.4, -0.2) is 50.6 Å². The number of amidine groups is 1. The Morgan fingerprint density at radius 3 is 2.89 bits per heavy atom. The Balaban J connectivity index is 2.47. The molecule has 0 aliphatic rings. The molecule has 5 nitrogen and oxygen atoms in total. The lowest BCUT2D eigenvalue weighted by Gasteiger charge is -2.10. The van der Waals surface area contributed by atoms with Crippen LogP contribution in [0.3, 0.4) is 0 Å². The van der Waals surface area contributed by atoms with Crippen molar-refractivity contribution in [1.29, 1.82) is 0 Å². The Morgan fingerprint density at radius 2 is 2.32 bits per heavy atom. The number of ether oxygens (including phenoxy) is 1. The van der Waals surface area contributed by atoms with E-state index in [1.165, 1.54) is 11.3 Å². The lowest BCUT2D eigenvalue weighted by molar-refractivity contribution is 0.0970. The number of hydrogen-bond acceptors (Lipinski definition) is 5. The summed E-state index contributed by atoms with van der Waals surface area (Å²) < 4.78 is 5.33. The monoisotopic (exact) mass is 283 g/mol. The molecule has 1 amide bonds. The van der Waals surface area contributed by atoms with E-state index in [-0.39, 0.29) is 5.91 Å². The zero-order valence-electron chi connectivity index (χ0n) is 11.7. The van der Waals surface area contributed by atoms with Crippen LogP contribution in [0.5, 0.6) is 0 Å². The van der Waals surface area contributed by atoms with Gasteiger partial charge in [-0.2, -0.15) is 0 Å². The molecule has 1 aromatic rings. The summed E-state index contributed by atoms with van der Waals surface area (Å²) in [5.41, 5.74) is 0. The van der Waals surface area contributed by atoms with Gasteiger partial charge < -0.3 is 9.64 Å². The highest BCUT2D eigenvalue weighted by molar-refractivity contribution is 7.12. The quantitative estimate of drug-likeness (QED) is 0.492. The number of aliphatic imine (C=N–C) groups is 1. The Bertz CT molecular complexity index is 402. The Morgan fingerprint density at radius 1 is 1.53 bits per heavy atom. The molecule has 0 saturated heterocycles. The van der Waals surface area contributed by atoms with Crippen LogP contribution in [0.2, 0.25) is 0 Å². The molecule has 1 heterocycles. The molecular weight excluding hydrogens is 262 g/mol. The maximum atomic E-state index is 11.9. The summed E-state index contributed by atoms with van der Waals surface area (Å²) in [6.07, 6.45) is 0.929. The Kier molecular flexibility index (Phi) is 7.14. The molecule has 0 fully saturated rings. The zero-order chi connectivity index (χ0) is 14.1. The van der Waals surface area contributed by atoms with Gasteiger partial charge in [0.05, 0.1) is 11.5 Å². The summed E-state index contributed by atoms with van der Waals surface area (Å²) in [6, 6.07) is 3.92. The summed E-state index contributed by atoms with van der Waals surface area (Å²) in [4.78, 5) is 18.9. The molecule has 0 bridgehead atoms. The maximum absolute atomic E-state index is 11.9. The first-order chi connectivity index (χ1) is 9.13. The molecule has 0 atom stereocenters. The second-order valence-corrected chi connectivity index (χ2v) is 5.16. The van der Waals surface area contributed by atoms with Crippen LogP contribution in [0.1, 0.15) is 23.0 Å². The average Bonchev–Trinajstić information content (AvgIpc) is 2.88. The van der Waals surface area contributed by atoms with E-state index >= 15 is 0 Å². The largest absolute Gasteiger partial charge is 0.465 e. The van der Waals surface area contributed by atoms with Crippen molar-refractivity contribution >= 4 is 23.3 Å². The standard InChI is InChI=1S/C13H21N3O2S/c1-4-18-13(14-8-6-9-16(2)3)15-12(17)11-7-5-10-19-11/h5,7,10H,4,6,8-9H2,1-3H3,(H,14,15,17). The van der Waals surface area contributed by atoms with Crippen molar-refractivity contribution in [3.05, 3.63) is 22.4 Å². The Hall–Kier alpha value is -1.40. The van der Waals surface area contributed by atoms with Crippen LogP contribution in [0.15, 0.2) is 22.5 Å². The van der Waals surface area contributed by atoms with Crippen LogP contribution in [-0.2, 0) is 4.74 Å². The summed E-state index contributed by atoms with van der Waals surface area (Å²) in [5, 5.41) is 4.56. The molecule has 1 N–H and O–H groups in total. The van der Waals surface area contributed by atoms with Crippen LogP contribution in [0.25, 0.3) is 0 Å². The third-order valence-electron chi connectivity index (χ3n) is 2.27. The van der Waals surface area contributed by atoms with Crippen molar-refractivity contribution in [2.24, 2.45) is 4.99 Å². The molecule has 0 aliphatic heterocycles. The number of thiophene rings is 1. The van der Waals surface area contributed by atoms with E-state index in [0.717, 1.165) is 13.0 Å². The van der Waals surface area contributed by atoms with Gasteiger partial charge in [0.1, 0.15) is 0 Å². The van der Waals surface area contributed by atoms with Gasteiger partial charge in [-0.05, 0) is 45.4 Å². The van der Waals surface area contributed by atoms with Gasteiger partial charge >= 0.3 is 0 Å². The molecule has 106 valence electrons. The van der Waals surface area contributed by atoms with Crippen molar-refractivity contribution in [2.75, 3.05) is 33.8 Å². The van der Waals surface area contributed by atoms with Crippen molar-refractivity contribution in [3.8, 4) is 0 Å². The second kappa shape index (κ2) is 8.66. The third-order valence-corrected chi connectivity index (χ3v) is 3.13. The highest BCUT2D eigenvalue weighted by Gasteiger charge is 2.10. The van der Waals surface area contributed by atoms with Crippen molar-refractivity contribution in [3.63, 3.8) is 0 Å². The van der Waals surface area contributed by atoms with E-state index in [1.807, 2.05) is 32.5 Å². The fourth-order valence-corrected chi connectivity index (χ4v) is 2.01. The fourth-order valence-electron chi connectivity index (χ4n) is 1.39. The van der Waals surface area contributed by atoms with Crippen molar-refractivity contribution in [1.82, 2.24) is 10.2 Å². The van der Waals surface area contributed by atoms with Gasteiger partial charge in [0, 0.05) is 6.54 Å². The van der Waals surface area contributed by atoms with Gasteiger partial charge in [-0.3, -0.25) is 10.1 Å². The third kappa shape index (κ3) is 6.35. The number of nitrogens with one attached hydrogen (secondary N) is 1. The highest BCUT2D eigenvalue weighted by Crippen LogP contribution is 2.07. The van der Waals surface area contributed by atoms with E-state index in [0.29, 0.717) is 24.1 Å². The summed E-state index contributed by atoms with van der Waals surface area (Å²) >= 11 is 1.39. The minimum atomic E-state index is -0.171. The molecule has 0 spiro atoms. The molecule has 1 rings (SSSR count). The first-order valence-electron chi connectivity index (χ1n) is 6.30. The summed E-state index contributed by atoms with van der Waals surface area (Å²) in [7, 11) is 4.04. The minimum absolute atomic E-state index is 0.171.